The zero-order chi connectivity index (χ0) is 17.6. The van der Waals surface area contributed by atoms with Crippen molar-refractivity contribution in [1.29, 1.82) is 0 Å². The highest BCUT2D eigenvalue weighted by molar-refractivity contribution is 5.86. The van der Waals surface area contributed by atoms with Crippen molar-refractivity contribution in [1.82, 2.24) is 10.5 Å². The normalized spacial score (nSPS) is 10.8. The Hall–Kier alpha value is -2.82. The molecule has 0 saturated heterocycles. The Morgan fingerprint density at radius 2 is 2.04 bits per heavy atom. The van der Waals surface area contributed by atoms with Crippen LogP contribution in [0, 0.1) is 6.92 Å². The molecule has 2 aromatic carbocycles. The summed E-state index contributed by atoms with van der Waals surface area (Å²) in [5, 5.41) is 7.87. The summed E-state index contributed by atoms with van der Waals surface area (Å²) in [6, 6.07) is 16.0. The first kappa shape index (κ1) is 17.0. The van der Waals surface area contributed by atoms with Gasteiger partial charge in [-0.25, -0.2) is 0 Å². The van der Waals surface area contributed by atoms with Crippen molar-refractivity contribution in [2.45, 2.75) is 20.3 Å². The molecule has 0 unspecified atom stereocenters. The Morgan fingerprint density at radius 3 is 2.84 bits per heavy atom. The number of hydrogen-bond acceptors (Lipinski definition) is 4. The predicted octanol–water partition coefficient (Wildman–Crippen LogP) is 3.32. The first-order valence-electron chi connectivity index (χ1n) is 8.59. The highest BCUT2D eigenvalue weighted by atomic mass is 16.5. The van der Waals surface area contributed by atoms with Gasteiger partial charge in [-0.2, -0.15) is 0 Å². The van der Waals surface area contributed by atoms with Crippen LogP contribution in [-0.4, -0.2) is 30.7 Å². The standard InChI is InChI=1S/C20H23N3O2/c1-3-23(16-8-6-7-15(2)13-16)12-11-21-20(24)14-18-17-9-4-5-10-19(17)25-22-18/h4-10,13H,3,11-12,14H2,1-2H3,(H,21,24). The van der Waals surface area contributed by atoms with E-state index in [0.29, 0.717) is 17.8 Å². The number of likely N-dealkylation sites (N-methyl/N-ethyl adjacent to an activating group) is 1. The number of anilines is 1. The van der Waals surface area contributed by atoms with Crippen LogP contribution in [0.2, 0.25) is 0 Å². The molecule has 1 amide bonds. The lowest BCUT2D eigenvalue weighted by Crippen LogP contribution is -2.35. The van der Waals surface area contributed by atoms with Gasteiger partial charge in [0.05, 0.1) is 6.42 Å². The van der Waals surface area contributed by atoms with E-state index in [1.165, 1.54) is 11.3 Å². The van der Waals surface area contributed by atoms with Crippen molar-refractivity contribution < 1.29 is 9.32 Å². The molecule has 3 rings (SSSR count). The van der Waals surface area contributed by atoms with Crippen LogP contribution in [0.25, 0.3) is 11.0 Å². The summed E-state index contributed by atoms with van der Waals surface area (Å²) in [4.78, 5) is 14.5. The fourth-order valence-corrected chi connectivity index (χ4v) is 2.90. The third-order valence-electron chi connectivity index (χ3n) is 4.23. The number of fused-ring (bicyclic) bond motifs is 1. The summed E-state index contributed by atoms with van der Waals surface area (Å²) in [7, 11) is 0. The molecular weight excluding hydrogens is 314 g/mol. The Labute approximate surface area is 147 Å². The van der Waals surface area contributed by atoms with Gasteiger partial charge in [-0.05, 0) is 43.7 Å². The van der Waals surface area contributed by atoms with Crippen LogP contribution in [0.5, 0.6) is 0 Å². The number of benzene rings is 2. The Morgan fingerprint density at radius 1 is 1.20 bits per heavy atom. The van der Waals surface area contributed by atoms with Crippen LogP contribution in [0.4, 0.5) is 5.69 Å². The number of hydrogen-bond donors (Lipinski definition) is 1. The van der Waals surface area contributed by atoms with Gasteiger partial charge in [0.15, 0.2) is 5.58 Å². The van der Waals surface area contributed by atoms with Crippen molar-refractivity contribution in [3.63, 3.8) is 0 Å². The molecule has 130 valence electrons. The van der Waals surface area contributed by atoms with Crippen LogP contribution >= 0.6 is 0 Å². The van der Waals surface area contributed by atoms with E-state index in [1.54, 1.807) is 0 Å². The van der Waals surface area contributed by atoms with Gasteiger partial charge in [-0.1, -0.05) is 29.4 Å². The lowest BCUT2D eigenvalue weighted by atomic mass is 10.1. The minimum absolute atomic E-state index is 0.0423. The number of amides is 1. The van der Waals surface area contributed by atoms with Gasteiger partial charge in [-0.3, -0.25) is 4.79 Å². The maximum absolute atomic E-state index is 12.2. The molecule has 0 fully saturated rings. The summed E-state index contributed by atoms with van der Waals surface area (Å²) < 4.78 is 5.24. The number of carbonyl (C=O) groups excluding carboxylic acids is 1. The molecule has 0 aliphatic carbocycles. The third kappa shape index (κ3) is 4.18. The summed E-state index contributed by atoms with van der Waals surface area (Å²) in [5.41, 5.74) is 3.80. The van der Waals surface area contributed by atoms with Gasteiger partial charge in [0.1, 0.15) is 5.69 Å². The van der Waals surface area contributed by atoms with E-state index < -0.39 is 0 Å². The summed E-state index contributed by atoms with van der Waals surface area (Å²) >= 11 is 0. The zero-order valence-electron chi connectivity index (χ0n) is 14.7. The lowest BCUT2D eigenvalue weighted by Gasteiger charge is -2.23. The van der Waals surface area contributed by atoms with Crippen LogP contribution in [0.3, 0.4) is 0 Å². The fraction of sp³-hybridized carbons (Fsp3) is 0.300. The summed E-state index contributed by atoms with van der Waals surface area (Å²) in [5.74, 6) is -0.0423. The number of aryl methyl sites for hydroxylation is 1. The van der Waals surface area contributed by atoms with Gasteiger partial charge >= 0.3 is 0 Å². The summed E-state index contributed by atoms with van der Waals surface area (Å²) in [6.45, 7) is 6.46. The Balaban J connectivity index is 1.53. The van der Waals surface area contributed by atoms with E-state index in [1.807, 2.05) is 24.3 Å². The molecule has 1 N–H and O–H groups in total. The molecule has 0 aliphatic rings. The van der Waals surface area contributed by atoms with Gasteiger partial charge in [-0.15, -0.1) is 0 Å². The molecule has 5 heteroatoms. The Kier molecular flexibility index (Phi) is 5.33. The molecule has 0 bridgehead atoms. The first-order valence-corrected chi connectivity index (χ1v) is 8.59. The SMILES string of the molecule is CCN(CCNC(=O)Cc1noc2ccccc12)c1cccc(C)c1. The van der Waals surface area contributed by atoms with Crippen LogP contribution in [0.1, 0.15) is 18.2 Å². The topological polar surface area (TPSA) is 58.4 Å². The smallest absolute Gasteiger partial charge is 0.226 e. The van der Waals surface area contributed by atoms with Gasteiger partial charge in [0, 0.05) is 30.7 Å². The summed E-state index contributed by atoms with van der Waals surface area (Å²) in [6.07, 6.45) is 0.230. The lowest BCUT2D eigenvalue weighted by molar-refractivity contribution is -0.120. The highest BCUT2D eigenvalue weighted by Crippen LogP contribution is 2.18. The van der Waals surface area contributed by atoms with Crippen molar-refractivity contribution in [2.75, 3.05) is 24.5 Å². The van der Waals surface area contributed by atoms with Crippen molar-refractivity contribution in [2.24, 2.45) is 0 Å². The molecule has 0 spiro atoms. The molecule has 5 nitrogen and oxygen atoms in total. The zero-order valence-corrected chi connectivity index (χ0v) is 14.7. The molecule has 3 aromatic rings. The third-order valence-corrected chi connectivity index (χ3v) is 4.23. The average Bonchev–Trinajstić information content (AvgIpc) is 3.02. The molecule has 1 heterocycles. The molecule has 1 aromatic heterocycles. The number of aromatic nitrogens is 1. The van der Waals surface area contributed by atoms with E-state index in [2.05, 4.69) is 53.5 Å². The Bertz CT molecular complexity index is 857. The number of rotatable bonds is 7. The second-order valence-electron chi connectivity index (χ2n) is 6.07. The van der Waals surface area contributed by atoms with Gasteiger partial charge < -0.3 is 14.7 Å². The van der Waals surface area contributed by atoms with E-state index in [4.69, 9.17) is 4.52 Å². The maximum atomic E-state index is 12.2. The quantitative estimate of drug-likeness (QED) is 0.718. The minimum atomic E-state index is -0.0423. The molecule has 0 aliphatic heterocycles. The molecule has 0 saturated carbocycles. The van der Waals surface area contributed by atoms with E-state index in [0.717, 1.165) is 18.5 Å². The van der Waals surface area contributed by atoms with Crippen molar-refractivity contribution >= 4 is 22.6 Å². The van der Waals surface area contributed by atoms with Crippen LogP contribution < -0.4 is 10.2 Å². The van der Waals surface area contributed by atoms with E-state index >= 15 is 0 Å². The fourth-order valence-electron chi connectivity index (χ4n) is 2.90. The van der Waals surface area contributed by atoms with Crippen molar-refractivity contribution in [3.05, 3.63) is 59.8 Å². The number of para-hydroxylation sites is 1. The second kappa shape index (κ2) is 7.83. The molecule has 0 atom stereocenters. The second-order valence-corrected chi connectivity index (χ2v) is 6.07. The molecule has 25 heavy (non-hydrogen) atoms. The van der Waals surface area contributed by atoms with Crippen molar-refractivity contribution in [3.8, 4) is 0 Å². The van der Waals surface area contributed by atoms with E-state index in [9.17, 15) is 4.79 Å². The predicted molar refractivity (Wildman–Crippen MR) is 99.8 cm³/mol. The minimum Gasteiger partial charge on any atom is -0.370 e. The molecular formula is C20H23N3O2. The largest absolute Gasteiger partial charge is 0.370 e. The monoisotopic (exact) mass is 337 g/mol. The molecule has 0 radical (unpaired) electrons. The highest BCUT2D eigenvalue weighted by Gasteiger charge is 2.12. The van der Waals surface area contributed by atoms with Crippen LogP contribution in [-0.2, 0) is 11.2 Å². The average molecular weight is 337 g/mol. The maximum Gasteiger partial charge on any atom is 0.226 e. The number of nitrogens with one attached hydrogen (secondary N) is 1. The number of carbonyl (C=O) groups is 1. The number of nitrogens with zero attached hydrogens (tertiary/aromatic N) is 2. The van der Waals surface area contributed by atoms with Crippen LogP contribution in [0.15, 0.2) is 53.1 Å². The van der Waals surface area contributed by atoms with Gasteiger partial charge in [0.25, 0.3) is 0 Å². The van der Waals surface area contributed by atoms with E-state index in [-0.39, 0.29) is 12.3 Å². The first-order chi connectivity index (χ1) is 12.2. The van der Waals surface area contributed by atoms with Gasteiger partial charge in [0.2, 0.25) is 5.91 Å².